The van der Waals surface area contributed by atoms with Gasteiger partial charge >= 0.3 is 0 Å². The van der Waals surface area contributed by atoms with Crippen molar-refractivity contribution in [2.75, 3.05) is 5.73 Å². The molecule has 2 amide bonds. The van der Waals surface area contributed by atoms with Gasteiger partial charge in [-0.05, 0) is 43.9 Å². The summed E-state index contributed by atoms with van der Waals surface area (Å²) in [5.41, 5.74) is 11.0. The van der Waals surface area contributed by atoms with E-state index in [4.69, 9.17) is 11.5 Å². The van der Waals surface area contributed by atoms with Gasteiger partial charge in [0.2, 0.25) is 5.91 Å². The Labute approximate surface area is 116 Å². The Morgan fingerprint density at radius 3 is 2.40 bits per heavy atom. The molecule has 0 spiro atoms. The number of hydrogen-bond acceptors (Lipinski definition) is 3. The Morgan fingerprint density at radius 2 is 1.85 bits per heavy atom. The van der Waals surface area contributed by atoms with Gasteiger partial charge in [0.15, 0.2) is 0 Å². The van der Waals surface area contributed by atoms with Gasteiger partial charge in [0.25, 0.3) is 5.91 Å². The molecule has 1 aromatic rings. The van der Waals surface area contributed by atoms with Crippen molar-refractivity contribution in [3.63, 3.8) is 0 Å². The molecule has 20 heavy (non-hydrogen) atoms. The molecule has 1 saturated carbocycles. The Hall–Kier alpha value is -2.11. The Morgan fingerprint density at radius 1 is 1.20 bits per heavy atom. The van der Waals surface area contributed by atoms with Gasteiger partial charge in [-0.25, -0.2) is 4.39 Å². The number of primary amides is 1. The van der Waals surface area contributed by atoms with Gasteiger partial charge in [-0.3, -0.25) is 9.59 Å². The van der Waals surface area contributed by atoms with Crippen LogP contribution < -0.4 is 16.8 Å². The first-order valence-corrected chi connectivity index (χ1v) is 6.62. The van der Waals surface area contributed by atoms with E-state index in [-0.39, 0.29) is 29.1 Å². The van der Waals surface area contributed by atoms with E-state index in [0.717, 1.165) is 6.07 Å². The van der Waals surface area contributed by atoms with Gasteiger partial charge in [-0.1, -0.05) is 0 Å². The van der Waals surface area contributed by atoms with Gasteiger partial charge in [0, 0.05) is 17.6 Å². The first kappa shape index (κ1) is 14.3. The molecule has 6 heteroatoms. The molecular weight excluding hydrogens is 261 g/mol. The van der Waals surface area contributed by atoms with Crippen LogP contribution in [0.1, 0.15) is 36.0 Å². The van der Waals surface area contributed by atoms with E-state index >= 15 is 0 Å². The van der Waals surface area contributed by atoms with Crippen molar-refractivity contribution in [3.05, 3.63) is 29.6 Å². The van der Waals surface area contributed by atoms with Crippen molar-refractivity contribution in [1.82, 2.24) is 5.32 Å². The summed E-state index contributed by atoms with van der Waals surface area (Å²) in [6.07, 6.45) is 2.67. The van der Waals surface area contributed by atoms with E-state index in [9.17, 15) is 14.0 Å². The summed E-state index contributed by atoms with van der Waals surface area (Å²) in [4.78, 5) is 23.0. The van der Waals surface area contributed by atoms with Crippen molar-refractivity contribution < 1.29 is 14.0 Å². The molecule has 1 fully saturated rings. The topological polar surface area (TPSA) is 98.2 Å². The largest absolute Gasteiger partial charge is 0.399 e. The minimum absolute atomic E-state index is 0.0174. The molecule has 1 aliphatic rings. The Kier molecular flexibility index (Phi) is 4.22. The Bertz CT molecular complexity index is 525. The van der Waals surface area contributed by atoms with E-state index in [1.807, 2.05) is 0 Å². The number of hydrogen-bond donors (Lipinski definition) is 3. The van der Waals surface area contributed by atoms with Crippen molar-refractivity contribution in [1.29, 1.82) is 0 Å². The molecule has 1 aromatic carbocycles. The van der Waals surface area contributed by atoms with Crippen molar-refractivity contribution >= 4 is 17.5 Å². The summed E-state index contributed by atoms with van der Waals surface area (Å²) in [5, 5.41) is 2.78. The quantitative estimate of drug-likeness (QED) is 0.724. The van der Waals surface area contributed by atoms with Crippen LogP contribution in [0.5, 0.6) is 0 Å². The molecule has 0 unspecified atom stereocenters. The second-order valence-corrected chi connectivity index (χ2v) is 5.16. The van der Waals surface area contributed by atoms with Crippen LogP contribution in [0.2, 0.25) is 0 Å². The van der Waals surface area contributed by atoms with Crippen LogP contribution in [0.25, 0.3) is 0 Å². The summed E-state index contributed by atoms with van der Waals surface area (Å²) >= 11 is 0. The zero-order valence-corrected chi connectivity index (χ0v) is 11.1. The number of carbonyl (C=O) groups excluding carboxylic acids is 2. The monoisotopic (exact) mass is 279 g/mol. The second-order valence-electron chi connectivity index (χ2n) is 5.16. The minimum atomic E-state index is -0.631. The summed E-state index contributed by atoms with van der Waals surface area (Å²) in [7, 11) is 0. The lowest BCUT2D eigenvalue weighted by atomic mass is 9.85. The van der Waals surface area contributed by atoms with Crippen LogP contribution in [0.15, 0.2) is 18.2 Å². The number of nitrogens with one attached hydrogen (secondary N) is 1. The van der Waals surface area contributed by atoms with Gasteiger partial charge in [0.1, 0.15) is 5.82 Å². The smallest absolute Gasteiger partial charge is 0.254 e. The number of nitrogen functional groups attached to an aromatic ring is 1. The third-order valence-corrected chi connectivity index (χ3v) is 3.70. The van der Waals surface area contributed by atoms with E-state index in [0.29, 0.717) is 25.7 Å². The summed E-state index contributed by atoms with van der Waals surface area (Å²) in [6.45, 7) is 0. The lowest BCUT2D eigenvalue weighted by molar-refractivity contribution is -0.122. The molecule has 0 aromatic heterocycles. The number of nitrogens with two attached hydrogens (primary N) is 2. The standard InChI is InChI=1S/C14H18FN3O2/c15-12-7-9(16)3-6-11(12)14(20)18-10-4-1-8(2-5-10)13(17)19/h3,6-8,10H,1-2,4-5,16H2,(H2,17,19)(H,18,20). The lowest BCUT2D eigenvalue weighted by Gasteiger charge is -2.27. The Balaban J connectivity index is 1.94. The van der Waals surface area contributed by atoms with E-state index < -0.39 is 11.7 Å². The van der Waals surface area contributed by atoms with Crippen LogP contribution >= 0.6 is 0 Å². The number of amides is 2. The maximum atomic E-state index is 13.6. The highest BCUT2D eigenvalue weighted by Crippen LogP contribution is 2.24. The van der Waals surface area contributed by atoms with Crippen molar-refractivity contribution in [3.8, 4) is 0 Å². The molecule has 0 radical (unpaired) electrons. The van der Waals surface area contributed by atoms with Gasteiger partial charge < -0.3 is 16.8 Å². The fraction of sp³-hybridized carbons (Fsp3) is 0.429. The fourth-order valence-electron chi connectivity index (χ4n) is 2.50. The first-order chi connectivity index (χ1) is 9.47. The van der Waals surface area contributed by atoms with E-state index in [1.165, 1.54) is 12.1 Å². The number of benzene rings is 1. The number of carbonyl (C=O) groups is 2. The molecule has 0 atom stereocenters. The molecule has 0 bridgehead atoms. The third kappa shape index (κ3) is 3.26. The molecule has 0 saturated heterocycles. The molecule has 108 valence electrons. The molecule has 5 nitrogen and oxygen atoms in total. The normalized spacial score (nSPS) is 22.2. The lowest BCUT2D eigenvalue weighted by Crippen LogP contribution is -2.40. The van der Waals surface area contributed by atoms with Gasteiger partial charge in [-0.2, -0.15) is 0 Å². The van der Waals surface area contributed by atoms with Crippen molar-refractivity contribution in [2.24, 2.45) is 11.7 Å². The zero-order valence-electron chi connectivity index (χ0n) is 11.1. The highest BCUT2D eigenvalue weighted by atomic mass is 19.1. The maximum Gasteiger partial charge on any atom is 0.254 e. The number of anilines is 1. The van der Waals surface area contributed by atoms with Gasteiger partial charge in [-0.15, -0.1) is 0 Å². The minimum Gasteiger partial charge on any atom is -0.399 e. The van der Waals surface area contributed by atoms with Crippen LogP contribution in [0, 0.1) is 11.7 Å². The zero-order chi connectivity index (χ0) is 14.7. The molecule has 0 aliphatic heterocycles. The average Bonchev–Trinajstić information content (AvgIpc) is 2.39. The first-order valence-electron chi connectivity index (χ1n) is 6.62. The second kappa shape index (κ2) is 5.90. The van der Waals surface area contributed by atoms with Gasteiger partial charge in [0.05, 0.1) is 5.56 Å². The average molecular weight is 279 g/mol. The molecule has 0 heterocycles. The fourth-order valence-corrected chi connectivity index (χ4v) is 2.50. The number of rotatable bonds is 3. The van der Waals surface area contributed by atoms with E-state index in [1.54, 1.807) is 0 Å². The highest BCUT2D eigenvalue weighted by Gasteiger charge is 2.26. The molecular formula is C14H18FN3O2. The van der Waals surface area contributed by atoms with Crippen molar-refractivity contribution in [2.45, 2.75) is 31.7 Å². The molecule has 5 N–H and O–H groups in total. The maximum absolute atomic E-state index is 13.6. The van der Waals surface area contributed by atoms with E-state index in [2.05, 4.69) is 5.32 Å². The summed E-state index contributed by atoms with van der Waals surface area (Å²) in [6, 6.07) is 3.94. The third-order valence-electron chi connectivity index (χ3n) is 3.70. The number of halogens is 1. The highest BCUT2D eigenvalue weighted by molar-refractivity contribution is 5.95. The van der Waals surface area contributed by atoms with Crippen LogP contribution in [0.3, 0.4) is 0 Å². The molecule has 2 rings (SSSR count). The predicted molar refractivity (Wildman–Crippen MR) is 73.2 cm³/mol. The van der Waals surface area contributed by atoms with Crippen LogP contribution in [0.4, 0.5) is 10.1 Å². The molecule has 1 aliphatic carbocycles. The predicted octanol–water partition coefficient (Wildman–Crippen LogP) is 1.18. The summed E-state index contributed by atoms with van der Waals surface area (Å²) in [5.74, 6) is -1.49. The van der Waals surface area contributed by atoms with Crippen LogP contribution in [-0.4, -0.2) is 17.9 Å². The SMILES string of the molecule is NC(=O)C1CCC(NC(=O)c2ccc(N)cc2F)CC1. The van der Waals surface area contributed by atoms with Crippen LogP contribution in [-0.2, 0) is 4.79 Å². The summed E-state index contributed by atoms with van der Waals surface area (Å²) < 4.78 is 13.6.